The molecule has 0 bridgehead atoms. The Labute approximate surface area is 140 Å². The third kappa shape index (κ3) is 3.60. The van der Waals surface area contributed by atoms with Crippen LogP contribution in [0.2, 0.25) is 0 Å². The summed E-state index contributed by atoms with van der Waals surface area (Å²) in [7, 11) is 1.57. The summed E-state index contributed by atoms with van der Waals surface area (Å²) in [4.78, 5) is 11.5. The standard InChI is InChI=1S/C18H19NO5/c1-22-15-9-17-16(23-11-24-17)8-13(15)10-19-14(18(20)21)7-12-5-3-2-4-6-12/h2-6,8-9,14,19H,7,10-11H2,1H3,(H,20,21). The quantitative estimate of drug-likeness (QED) is 0.811. The van der Waals surface area contributed by atoms with Crippen molar-refractivity contribution in [2.75, 3.05) is 13.9 Å². The van der Waals surface area contributed by atoms with E-state index in [1.807, 2.05) is 36.4 Å². The van der Waals surface area contributed by atoms with Crippen molar-refractivity contribution >= 4 is 5.97 Å². The van der Waals surface area contributed by atoms with Crippen molar-refractivity contribution in [3.63, 3.8) is 0 Å². The van der Waals surface area contributed by atoms with Crippen LogP contribution in [0.1, 0.15) is 11.1 Å². The molecule has 0 radical (unpaired) electrons. The van der Waals surface area contributed by atoms with E-state index < -0.39 is 12.0 Å². The average molecular weight is 329 g/mol. The molecule has 0 aromatic heterocycles. The number of fused-ring (bicyclic) bond motifs is 1. The number of carbonyl (C=O) groups is 1. The van der Waals surface area contributed by atoms with E-state index in [1.165, 1.54) is 0 Å². The number of ether oxygens (including phenoxy) is 3. The summed E-state index contributed by atoms with van der Waals surface area (Å²) in [5, 5.41) is 12.5. The Hall–Kier alpha value is -2.73. The van der Waals surface area contributed by atoms with Crippen LogP contribution in [-0.4, -0.2) is 31.0 Å². The molecule has 1 atom stereocenters. The molecule has 6 heteroatoms. The third-order valence-corrected chi connectivity index (χ3v) is 3.90. The molecule has 24 heavy (non-hydrogen) atoms. The first-order valence-corrected chi connectivity index (χ1v) is 7.64. The molecule has 0 amide bonds. The van der Waals surface area contributed by atoms with Crippen LogP contribution >= 0.6 is 0 Å². The number of benzene rings is 2. The minimum absolute atomic E-state index is 0.182. The zero-order valence-corrected chi connectivity index (χ0v) is 13.3. The summed E-state index contributed by atoms with van der Waals surface area (Å²) in [6.45, 7) is 0.532. The van der Waals surface area contributed by atoms with Crippen LogP contribution < -0.4 is 19.5 Å². The van der Waals surface area contributed by atoms with E-state index in [2.05, 4.69) is 5.32 Å². The first kappa shape index (κ1) is 16.1. The van der Waals surface area contributed by atoms with Crippen molar-refractivity contribution in [3.8, 4) is 17.2 Å². The van der Waals surface area contributed by atoms with Crippen LogP contribution in [0, 0.1) is 0 Å². The molecule has 6 nitrogen and oxygen atoms in total. The SMILES string of the molecule is COc1cc2c(cc1CNC(Cc1ccccc1)C(=O)O)OCO2. The molecule has 2 N–H and O–H groups in total. The van der Waals surface area contributed by atoms with Crippen molar-refractivity contribution in [1.82, 2.24) is 5.32 Å². The molecule has 2 aromatic carbocycles. The van der Waals surface area contributed by atoms with Gasteiger partial charge >= 0.3 is 5.97 Å². The van der Waals surface area contributed by atoms with Gasteiger partial charge in [0, 0.05) is 18.2 Å². The Kier molecular flexibility index (Phi) is 4.86. The summed E-state index contributed by atoms with van der Waals surface area (Å²) in [5.74, 6) is 1.02. The average Bonchev–Trinajstić information content (AvgIpc) is 3.05. The molecule has 3 rings (SSSR count). The summed E-state index contributed by atoms with van der Waals surface area (Å²) in [6, 6.07) is 12.4. The number of carboxylic acid groups (broad SMARTS) is 1. The fourth-order valence-electron chi connectivity index (χ4n) is 2.62. The van der Waals surface area contributed by atoms with Crippen LogP contribution in [0.25, 0.3) is 0 Å². The van der Waals surface area contributed by atoms with Gasteiger partial charge in [0.2, 0.25) is 6.79 Å². The lowest BCUT2D eigenvalue weighted by molar-refractivity contribution is -0.139. The highest BCUT2D eigenvalue weighted by atomic mass is 16.7. The molecule has 0 saturated carbocycles. The lowest BCUT2D eigenvalue weighted by Crippen LogP contribution is -2.38. The zero-order chi connectivity index (χ0) is 16.9. The fourth-order valence-corrected chi connectivity index (χ4v) is 2.62. The second-order valence-corrected chi connectivity index (χ2v) is 5.48. The van der Waals surface area contributed by atoms with Gasteiger partial charge in [-0.15, -0.1) is 0 Å². The van der Waals surface area contributed by atoms with E-state index in [1.54, 1.807) is 13.2 Å². The molecule has 126 valence electrons. The number of hydrogen-bond donors (Lipinski definition) is 2. The first-order valence-electron chi connectivity index (χ1n) is 7.64. The van der Waals surface area contributed by atoms with Gasteiger partial charge in [-0.05, 0) is 18.1 Å². The highest BCUT2D eigenvalue weighted by molar-refractivity contribution is 5.74. The lowest BCUT2D eigenvalue weighted by Gasteiger charge is -2.16. The number of carboxylic acids is 1. The summed E-state index contributed by atoms with van der Waals surface area (Å²) >= 11 is 0. The summed E-state index contributed by atoms with van der Waals surface area (Å²) in [6.07, 6.45) is 0.406. The number of rotatable bonds is 7. The lowest BCUT2D eigenvalue weighted by atomic mass is 10.1. The summed E-state index contributed by atoms with van der Waals surface area (Å²) < 4.78 is 16.0. The number of aliphatic carboxylic acids is 1. The minimum Gasteiger partial charge on any atom is -0.496 e. The highest BCUT2D eigenvalue weighted by Gasteiger charge is 2.21. The van der Waals surface area contributed by atoms with E-state index in [0.29, 0.717) is 30.2 Å². The van der Waals surface area contributed by atoms with Crippen LogP contribution in [0.4, 0.5) is 0 Å². The molecular formula is C18H19NO5. The van der Waals surface area contributed by atoms with Crippen molar-refractivity contribution in [2.45, 2.75) is 19.0 Å². The molecule has 0 fully saturated rings. The number of methoxy groups -OCH3 is 1. The van der Waals surface area contributed by atoms with Crippen LogP contribution in [0.5, 0.6) is 17.2 Å². The molecule has 0 saturated heterocycles. The topological polar surface area (TPSA) is 77.0 Å². The molecule has 1 aliphatic heterocycles. The largest absolute Gasteiger partial charge is 0.496 e. The van der Waals surface area contributed by atoms with Crippen molar-refractivity contribution in [1.29, 1.82) is 0 Å². The van der Waals surface area contributed by atoms with E-state index in [4.69, 9.17) is 14.2 Å². The maximum atomic E-state index is 11.5. The van der Waals surface area contributed by atoms with E-state index >= 15 is 0 Å². The molecule has 1 unspecified atom stereocenters. The Morgan fingerprint density at radius 1 is 1.25 bits per heavy atom. The molecule has 2 aromatic rings. The van der Waals surface area contributed by atoms with Gasteiger partial charge in [0.05, 0.1) is 7.11 Å². The Morgan fingerprint density at radius 3 is 2.62 bits per heavy atom. The fraction of sp³-hybridized carbons (Fsp3) is 0.278. The minimum atomic E-state index is -0.890. The van der Waals surface area contributed by atoms with Crippen LogP contribution in [0.15, 0.2) is 42.5 Å². The smallest absolute Gasteiger partial charge is 0.321 e. The van der Waals surface area contributed by atoms with Gasteiger partial charge in [-0.1, -0.05) is 30.3 Å². The predicted molar refractivity (Wildman–Crippen MR) is 87.5 cm³/mol. The molecule has 1 heterocycles. The second kappa shape index (κ2) is 7.23. The van der Waals surface area contributed by atoms with Gasteiger partial charge in [-0.3, -0.25) is 10.1 Å². The van der Waals surface area contributed by atoms with Crippen molar-refractivity contribution in [2.24, 2.45) is 0 Å². The van der Waals surface area contributed by atoms with Gasteiger partial charge in [0.15, 0.2) is 11.5 Å². The van der Waals surface area contributed by atoms with Crippen molar-refractivity contribution in [3.05, 3.63) is 53.6 Å². The number of hydrogen-bond acceptors (Lipinski definition) is 5. The van der Waals surface area contributed by atoms with E-state index in [9.17, 15) is 9.90 Å². The molecular weight excluding hydrogens is 310 g/mol. The van der Waals surface area contributed by atoms with Crippen molar-refractivity contribution < 1.29 is 24.1 Å². The molecule has 0 aliphatic carbocycles. The normalized spacial score (nSPS) is 13.5. The third-order valence-electron chi connectivity index (χ3n) is 3.90. The Morgan fingerprint density at radius 2 is 1.96 bits per heavy atom. The number of nitrogens with one attached hydrogen (secondary N) is 1. The zero-order valence-electron chi connectivity index (χ0n) is 13.3. The maximum absolute atomic E-state index is 11.5. The van der Waals surface area contributed by atoms with E-state index in [-0.39, 0.29) is 6.79 Å². The van der Waals surface area contributed by atoms with Gasteiger partial charge in [0.25, 0.3) is 0 Å². The maximum Gasteiger partial charge on any atom is 0.321 e. The van der Waals surface area contributed by atoms with Gasteiger partial charge in [-0.2, -0.15) is 0 Å². The van der Waals surface area contributed by atoms with Gasteiger partial charge < -0.3 is 19.3 Å². The van der Waals surface area contributed by atoms with Crippen LogP contribution in [-0.2, 0) is 17.8 Å². The van der Waals surface area contributed by atoms with Gasteiger partial charge in [0.1, 0.15) is 11.8 Å². The molecule has 1 aliphatic rings. The van der Waals surface area contributed by atoms with Crippen LogP contribution in [0.3, 0.4) is 0 Å². The first-order chi connectivity index (χ1) is 11.7. The Balaban J connectivity index is 1.72. The second-order valence-electron chi connectivity index (χ2n) is 5.48. The van der Waals surface area contributed by atoms with Gasteiger partial charge in [-0.25, -0.2) is 0 Å². The summed E-state index contributed by atoms with van der Waals surface area (Å²) in [5.41, 5.74) is 1.79. The predicted octanol–water partition coefficient (Wildman–Crippen LogP) is 2.21. The monoisotopic (exact) mass is 329 g/mol. The molecule has 0 spiro atoms. The van der Waals surface area contributed by atoms with E-state index in [0.717, 1.165) is 11.1 Å². The highest BCUT2D eigenvalue weighted by Crippen LogP contribution is 2.38. The Bertz CT molecular complexity index is 717.